The first-order valence-corrected chi connectivity index (χ1v) is 10.6. The summed E-state index contributed by atoms with van der Waals surface area (Å²) in [6.45, 7) is 0. The highest BCUT2D eigenvalue weighted by molar-refractivity contribution is 9.10. The van der Waals surface area contributed by atoms with E-state index in [0.29, 0.717) is 15.7 Å². The summed E-state index contributed by atoms with van der Waals surface area (Å²) in [6, 6.07) is 8.21. The van der Waals surface area contributed by atoms with Crippen molar-refractivity contribution in [2.24, 2.45) is 0 Å². The lowest BCUT2D eigenvalue weighted by Gasteiger charge is -2.11. The zero-order valence-corrected chi connectivity index (χ0v) is 17.3. The summed E-state index contributed by atoms with van der Waals surface area (Å²) in [6.07, 6.45) is 1.28. The van der Waals surface area contributed by atoms with E-state index in [1.165, 1.54) is 38.1 Å². The van der Waals surface area contributed by atoms with Crippen LogP contribution in [0.25, 0.3) is 0 Å². The fourth-order valence-electron chi connectivity index (χ4n) is 1.73. The summed E-state index contributed by atoms with van der Waals surface area (Å²) in [5, 5.41) is 3.70. The molecule has 0 aliphatic rings. The zero-order valence-electron chi connectivity index (χ0n) is 13.4. The van der Waals surface area contributed by atoms with Gasteiger partial charge in [0.2, 0.25) is 15.9 Å². The van der Waals surface area contributed by atoms with Crippen LogP contribution in [0, 0.1) is 0 Å². The van der Waals surface area contributed by atoms with Crippen molar-refractivity contribution in [2.45, 2.75) is 9.92 Å². The molecule has 0 aliphatic carbocycles. The summed E-state index contributed by atoms with van der Waals surface area (Å²) < 4.78 is 25.9. The van der Waals surface area contributed by atoms with Gasteiger partial charge in [0.1, 0.15) is 4.90 Å². The zero-order chi connectivity index (χ0) is 18.6. The van der Waals surface area contributed by atoms with Crippen molar-refractivity contribution in [1.82, 2.24) is 9.29 Å². The SMILES string of the molecule is CN(C)S(=O)(=O)c1ccc(SCC(=O)Nc2ccc(Br)cc2Cl)nc1. The third kappa shape index (κ3) is 5.42. The molecular weight excluding hydrogens is 450 g/mol. The van der Waals surface area contributed by atoms with Gasteiger partial charge in [0.05, 0.1) is 21.5 Å². The minimum absolute atomic E-state index is 0.105. The lowest BCUT2D eigenvalue weighted by molar-refractivity contribution is -0.113. The van der Waals surface area contributed by atoms with E-state index in [4.69, 9.17) is 11.6 Å². The molecule has 2 aromatic rings. The van der Waals surface area contributed by atoms with Gasteiger partial charge in [0, 0.05) is 24.8 Å². The van der Waals surface area contributed by atoms with E-state index in [9.17, 15) is 13.2 Å². The second-order valence-electron chi connectivity index (χ2n) is 5.08. The topological polar surface area (TPSA) is 79.4 Å². The van der Waals surface area contributed by atoms with Crippen LogP contribution in [0.5, 0.6) is 0 Å². The summed E-state index contributed by atoms with van der Waals surface area (Å²) in [5.74, 6) is -0.111. The number of amides is 1. The Morgan fingerprint density at radius 1 is 1.32 bits per heavy atom. The van der Waals surface area contributed by atoms with Crippen molar-refractivity contribution in [1.29, 1.82) is 0 Å². The Morgan fingerprint density at radius 3 is 2.60 bits per heavy atom. The van der Waals surface area contributed by atoms with Crippen molar-refractivity contribution in [2.75, 3.05) is 25.2 Å². The van der Waals surface area contributed by atoms with Crippen molar-refractivity contribution in [3.63, 3.8) is 0 Å². The summed E-state index contributed by atoms with van der Waals surface area (Å²) in [7, 11) is -0.602. The van der Waals surface area contributed by atoms with Gasteiger partial charge in [-0.05, 0) is 30.3 Å². The highest BCUT2D eigenvalue weighted by Gasteiger charge is 2.17. The van der Waals surface area contributed by atoms with Gasteiger partial charge in [0.15, 0.2) is 0 Å². The smallest absolute Gasteiger partial charge is 0.244 e. The van der Waals surface area contributed by atoms with Gasteiger partial charge in [-0.3, -0.25) is 4.79 Å². The van der Waals surface area contributed by atoms with Gasteiger partial charge < -0.3 is 5.32 Å². The molecule has 0 saturated carbocycles. The molecule has 134 valence electrons. The lowest BCUT2D eigenvalue weighted by Crippen LogP contribution is -2.22. The Balaban J connectivity index is 1.96. The number of halogens is 2. The molecule has 0 spiro atoms. The van der Waals surface area contributed by atoms with Gasteiger partial charge >= 0.3 is 0 Å². The first-order chi connectivity index (χ1) is 11.7. The number of hydrogen-bond acceptors (Lipinski definition) is 5. The van der Waals surface area contributed by atoms with Gasteiger partial charge in [-0.15, -0.1) is 0 Å². The highest BCUT2D eigenvalue weighted by atomic mass is 79.9. The molecular formula is C15H15BrClN3O3S2. The van der Waals surface area contributed by atoms with E-state index in [1.54, 1.807) is 24.3 Å². The number of thioether (sulfide) groups is 1. The van der Waals surface area contributed by atoms with Crippen molar-refractivity contribution in [3.05, 3.63) is 46.0 Å². The van der Waals surface area contributed by atoms with Crippen LogP contribution in [-0.2, 0) is 14.8 Å². The summed E-state index contributed by atoms with van der Waals surface area (Å²) in [5.41, 5.74) is 0.524. The van der Waals surface area contributed by atoms with Crippen molar-refractivity contribution in [3.8, 4) is 0 Å². The average molecular weight is 465 g/mol. The first-order valence-electron chi connectivity index (χ1n) is 6.96. The standard InChI is InChI=1S/C15H15BrClN3O3S2/c1-20(2)25(22,23)11-4-6-15(18-8-11)24-9-14(21)19-13-5-3-10(16)7-12(13)17/h3-8H,9H2,1-2H3,(H,19,21). The molecule has 1 aromatic heterocycles. The largest absolute Gasteiger partial charge is 0.324 e. The molecule has 0 fully saturated rings. The molecule has 0 aliphatic heterocycles. The maximum Gasteiger partial charge on any atom is 0.244 e. The predicted molar refractivity (Wildman–Crippen MR) is 104 cm³/mol. The van der Waals surface area contributed by atoms with Crippen LogP contribution in [0.15, 0.2) is 50.9 Å². The third-order valence-electron chi connectivity index (χ3n) is 3.04. The first kappa shape index (κ1) is 20.2. The minimum atomic E-state index is -3.51. The third-order valence-corrected chi connectivity index (χ3v) is 6.59. The maximum absolute atomic E-state index is 12.0. The van der Waals surface area contributed by atoms with E-state index in [-0.39, 0.29) is 16.6 Å². The summed E-state index contributed by atoms with van der Waals surface area (Å²) in [4.78, 5) is 16.2. The van der Waals surface area contributed by atoms with Crippen LogP contribution < -0.4 is 5.32 Å². The van der Waals surface area contributed by atoms with E-state index >= 15 is 0 Å². The number of benzene rings is 1. The van der Waals surface area contributed by atoms with Gasteiger partial charge in [-0.1, -0.05) is 39.3 Å². The maximum atomic E-state index is 12.0. The minimum Gasteiger partial charge on any atom is -0.324 e. The molecule has 25 heavy (non-hydrogen) atoms. The molecule has 6 nitrogen and oxygen atoms in total. The van der Waals surface area contributed by atoms with Crippen molar-refractivity contribution >= 4 is 60.9 Å². The number of carbonyl (C=O) groups is 1. The molecule has 1 aromatic carbocycles. The normalized spacial score (nSPS) is 11.6. The van der Waals surface area contributed by atoms with Crippen LogP contribution in [-0.4, -0.2) is 43.5 Å². The van der Waals surface area contributed by atoms with Crippen LogP contribution in [0.3, 0.4) is 0 Å². The van der Waals surface area contributed by atoms with Gasteiger partial charge in [-0.2, -0.15) is 0 Å². The number of anilines is 1. The van der Waals surface area contributed by atoms with E-state index in [1.807, 2.05) is 0 Å². The number of hydrogen-bond donors (Lipinski definition) is 1. The summed E-state index contributed by atoms with van der Waals surface area (Å²) >= 11 is 10.5. The van der Waals surface area contributed by atoms with E-state index in [0.717, 1.165) is 8.78 Å². The van der Waals surface area contributed by atoms with Gasteiger partial charge in [-0.25, -0.2) is 17.7 Å². The molecule has 1 heterocycles. The molecule has 0 saturated heterocycles. The average Bonchev–Trinajstić information content (AvgIpc) is 2.56. The second-order valence-corrected chi connectivity index (χ2v) is 9.55. The predicted octanol–water partition coefficient (Wildman–Crippen LogP) is 3.48. The van der Waals surface area contributed by atoms with E-state index < -0.39 is 10.0 Å². The number of pyridine rings is 1. The molecule has 0 bridgehead atoms. The highest BCUT2D eigenvalue weighted by Crippen LogP contribution is 2.26. The number of nitrogens with zero attached hydrogens (tertiary/aromatic N) is 2. The second kappa shape index (κ2) is 8.50. The Hall–Kier alpha value is -1.13. The van der Waals surface area contributed by atoms with Crippen molar-refractivity contribution < 1.29 is 13.2 Å². The fourth-order valence-corrected chi connectivity index (χ4v) is 3.94. The number of carbonyl (C=O) groups excluding carboxylic acids is 1. The Bertz CT molecular complexity index is 874. The molecule has 10 heteroatoms. The Kier molecular flexibility index (Phi) is 6.86. The molecule has 0 atom stereocenters. The Labute approximate surface area is 164 Å². The molecule has 1 amide bonds. The van der Waals surface area contributed by atoms with Crippen LogP contribution in [0.2, 0.25) is 5.02 Å². The number of nitrogens with one attached hydrogen (secondary N) is 1. The molecule has 0 radical (unpaired) electrons. The number of aromatic nitrogens is 1. The van der Waals surface area contributed by atoms with Crippen LogP contribution in [0.4, 0.5) is 5.69 Å². The monoisotopic (exact) mass is 463 g/mol. The Morgan fingerprint density at radius 2 is 2.04 bits per heavy atom. The molecule has 2 rings (SSSR count). The molecule has 1 N–H and O–H groups in total. The lowest BCUT2D eigenvalue weighted by atomic mass is 10.3. The van der Waals surface area contributed by atoms with Crippen LogP contribution >= 0.6 is 39.3 Å². The number of sulfonamides is 1. The number of rotatable bonds is 6. The van der Waals surface area contributed by atoms with E-state index in [2.05, 4.69) is 26.2 Å². The van der Waals surface area contributed by atoms with Gasteiger partial charge in [0.25, 0.3) is 0 Å². The van der Waals surface area contributed by atoms with Crippen LogP contribution in [0.1, 0.15) is 0 Å². The molecule has 0 unspecified atom stereocenters. The fraction of sp³-hybridized carbons (Fsp3) is 0.200. The quantitative estimate of drug-likeness (QED) is 0.662.